The second kappa shape index (κ2) is 6.27. The molecule has 126 valence electrons. The fraction of sp³-hybridized carbons (Fsp3) is 0.467. The van der Waals surface area contributed by atoms with Gasteiger partial charge in [0.2, 0.25) is 5.72 Å². The first-order valence-corrected chi connectivity index (χ1v) is 6.97. The smallest absolute Gasteiger partial charge is 0.287 e. The van der Waals surface area contributed by atoms with E-state index >= 15 is 0 Å². The third-order valence-corrected chi connectivity index (χ3v) is 3.65. The van der Waals surface area contributed by atoms with E-state index in [-0.39, 0.29) is 16.5 Å². The van der Waals surface area contributed by atoms with Crippen molar-refractivity contribution in [1.82, 2.24) is 5.01 Å². The van der Waals surface area contributed by atoms with Gasteiger partial charge < -0.3 is 5.11 Å². The summed E-state index contributed by atoms with van der Waals surface area (Å²) in [5, 5.41) is 13.2. The molecule has 8 heteroatoms. The summed E-state index contributed by atoms with van der Waals surface area (Å²) in [6.45, 7) is 3.87. The topological polar surface area (TPSA) is 52.9 Å². The van der Waals surface area contributed by atoms with Crippen molar-refractivity contribution in [2.75, 3.05) is 0 Å². The lowest BCUT2D eigenvalue weighted by Crippen LogP contribution is -2.51. The molecule has 23 heavy (non-hydrogen) atoms. The molecule has 1 aromatic carbocycles. The zero-order valence-corrected chi connectivity index (χ0v) is 12.5. The number of hydrogen-bond acceptors (Lipinski definition) is 3. The van der Waals surface area contributed by atoms with E-state index in [0.717, 1.165) is 5.56 Å². The SMILES string of the molecule is CC(C)c1ccc(C(=O)N2N=C(C(F)F)C[C@]2(O)C(F)F)cc1. The van der Waals surface area contributed by atoms with Crippen LogP contribution < -0.4 is 0 Å². The van der Waals surface area contributed by atoms with Gasteiger partial charge >= 0.3 is 0 Å². The molecule has 1 aromatic rings. The van der Waals surface area contributed by atoms with Crippen LogP contribution in [0.3, 0.4) is 0 Å². The summed E-state index contributed by atoms with van der Waals surface area (Å²) in [4.78, 5) is 12.3. The molecule has 4 nitrogen and oxygen atoms in total. The van der Waals surface area contributed by atoms with E-state index in [2.05, 4.69) is 5.10 Å². The van der Waals surface area contributed by atoms with Crippen LogP contribution in [0, 0.1) is 0 Å². The first kappa shape index (κ1) is 17.4. The average molecular weight is 332 g/mol. The fourth-order valence-corrected chi connectivity index (χ4v) is 2.24. The van der Waals surface area contributed by atoms with Crippen LogP contribution in [0.4, 0.5) is 17.6 Å². The third kappa shape index (κ3) is 3.21. The normalized spacial score (nSPS) is 21.5. The first-order valence-electron chi connectivity index (χ1n) is 6.97. The summed E-state index contributed by atoms with van der Waals surface area (Å²) in [5.41, 5.74) is -3.10. The molecule has 0 aromatic heterocycles. The van der Waals surface area contributed by atoms with Gasteiger partial charge in [0.1, 0.15) is 5.71 Å². The maximum atomic E-state index is 13.1. The van der Waals surface area contributed by atoms with Crippen molar-refractivity contribution in [2.24, 2.45) is 5.10 Å². The van der Waals surface area contributed by atoms with Crippen molar-refractivity contribution >= 4 is 11.6 Å². The van der Waals surface area contributed by atoms with Crippen LogP contribution in [-0.4, -0.2) is 40.3 Å². The van der Waals surface area contributed by atoms with Gasteiger partial charge in [0.25, 0.3) is 18.8 Å². The van der Waals surface area contributed by atoms with Crippen LogP contribution >= 0.6 is 0 Å². The number of hydrogen-bond donors (Lipinski definition) is 1. The van der Waals surface area contributed by atoms with Crippen LogP contribution in [0.5, 0.6) is 0 Å². The minimum Gasteiger partial charge on any atom is -0.364 e. The Kier molecular flexibility index (Phi) is 4.74. The minimum atomic E-state index is -3.43. The molecule has 0 saturated carbocycles. The predicted molar refractivity (Wildman–Crippen MR) is 75.7 cm³/mol. The maximum Gasteiger partial charge on any atom is 0.287 e. The molecule has 0 spiro atoms. The molecule has 0 bridgehead atoms. The Morgan fingerprint density at radius 3 is 2.22 bits per heavy atom. The zero-order valence-electron chi connectivity index (χ0n) is 12.5. The first-order chi connectivity index (χ1) is 10.7. The maximum absolute atomic E-state index is 13.1. The summed E-state index contributed by atoms with van der Waals surface area (Å²) in [5.74, 6) is -0.855. The van der Waals surface area contributed by atoms with Gasteiger partial charge in [-0.1, -0.05) is 26.0 Å². The molecular weight excluding hydrogens is 316 g/mol. The van der Waals surface area contributed by atoms with E-state index in [4.69, 9.17) is 0 Å². The van der Waals surface area contributed by atoms with Crippen molar-refractivity contribution in [3.63, 3.8) is 0 Å². The molecule has 0 unspecified atom stereocenters. The summed E-state index contributed by atoms with van der Waals surface area (Å²) in [6.07, 6.45) is -7.64. The Morgan fingerprint density at radius 1 is 1.22 bits per heavy atom. The van der Waals surface area contributed by atoms with Gasteiger partial charge in [-0.05, 0) is 23.6 Å². The summed E-state index contributed by atoms with van der Waals surface area (Å²) < 4.78 is 51.6. The van der Waals surface area contributed by atoms with E-state index < -0.39 is 36.6 Å². The summed E-state index contributed by atoms with van der Waals surface area (Å²) in [7, 11) is 0. The van der Waals surface area contributed by atoms with E-state index in [1.54, 1.807) is 12.1 Å². The van der Waals surface area contributed by atoms with Gasteiger partial charge in [-0.25, -0.2) is 17.6 Å². The molecule has 1 aliphatic rings. The number of benzene rings is 1. The molecule has 0 fully saturated rings. The van der Waals surface area contributed by atoms with Gasteiger partial charge in [0, 0.05) is 12.0 Å². The standard InChI is InChI=1S/C15H16F4N2O2/c1-8(2)9-3-5-10(6-4-9)13(22)21-15(23,14(18)19)7-11(20-21)12(16)17/h3-6,8,12,14,23H,7H2,1-2H3/t15-/m0/s1. The Labute approximate surface area is 130 Å². The Balaban J connectivity index is 2.34. The average Bonchev–Trinajstić information content (AvgIpc) is 2.86. The lowest BCUT2D eigenvalue weighted by molar-refractivity contribution is -0.164. The van der Waals surface area contributed by atoms with Gasteiger partial charge in [0.05, 0.1) is 0 Å². The van der Waals surface area contributed by atoms with Crippen molar-refractivity contribution in [2.45, 2.75) is 44.8 Å². The second-order valence-corrected chi connectivity index (χ2v) is 5.64. The number of alkyl halides is 4. The van der Waals surface area contributed by atoms with Crippen molar-refractivity contribution in [3.8, 4) is 0 Å². The second-order valence-electron chi connectivity index (χ2n) is 5.64. The molecular formula is C15H16F4N2O2. The molecule has 1 aliphatic heterocycles. The molecule has 0 saturated heterocycles. The Bertz CT molecular complexity index is 616. The minimum absolute atomic E-state index is 0.0206. The number of amides is 1. The van der Waals surface area contributed by atoms with Crippen LogP contribution in [0.1, 0.15) is 42.1 Å². The highest BCUT2D eigenvalue weighted by atomic mass is 19.3. The molecule has 1 amide bonds. The van der Waals surface area contributed by atoms with E-state index in [1.807, 2.05) is 13.8 Å². The van der Waals surface area contributed by atoms with Gasteiger partial charge in [-0.2, -0.15) is 10.1 Å². The lowest BCUT2D eigenvalue weighted by atomic mass is 10.0. The number of rotatable bonds is 4. The number of halogens is 4. The van der Waals surface area contributed by atoms with Crippen LogP contribution in [0.15, 0.2) is 29.4 Å². The van der Waals surface area contributed by atoms with Gasteiger partial charge in [0.15, 0.2) is 0 Å². The highest BCUT2D eigenvalue weighted by molar-refractivity contribution is 5.99. The third-order valence-electron chi connectivity index (χ3n) is 3.65. The molecule has 1 N–H and O–H groups in total. The molecule has 1 heterocycles. The monoisotopic (exact) mass is 332 g/mol. The van der Waals surface area contributed by atoms with E-state index in [1.165, 1.54) is 12.1 Å². The van der Waals surface area contributed by atoms with Crippen LogP contribution in [-0.2, 0) is 0 Å². The predicted octanol–water partition coefficient (Wildman–Crippen LogP) is 3.23. The number of carbonyl (C=O) groups is 1. The molecule has 1 atom stereocenters. The number of hydrazone groups is 1. The Morgan fingerprint density at radius 2 is 1.78 bits per heavy atom. The quantitative estimate of drug-likeness (QED) is 0.861. The summed E-state index contributed by atoms with van der Waals surface area (Å²) in [6, 6.07) is 6.04. The lowest BCUT2D eigenvalue weighted by Gasteiger charge is -2.30. The van der Waals surface area contributed by atoms with Crippen molar-refractivity contribution < 1.29 is 27.5 Å². The Hall–Kier alpha value is -1.96. The zero-order chi connectivity index (χ0) is 17.4. The highest BCUT2D eigenvalue weighted by Crippen LogP contribution is 2.34. The van der Waals surface area contributed by atoms with E-state index in [9.17, 15) is 27.5 Å². The number of carbonyl (C=O) groups excluding carboxylic acids is 1. The van der Waals surface area contributed by atoms with E-state index in [0.29, 0.717) is 0 Å². The van der Waals surface area contributed by atoms with Crippen molar-refractivity contribution in [3.05, 3.63) is 35.4 Å². The number of aliphatic hydroxyl groups is 1. The fourth-order valence-electron chi connectivity index (χ4n) is 2.24. The van der Waals surface area contributed by atoms with Crippen LogP contribution in [0.2, 0.25) is 0 Å². The molecule has 2 rings (SSSR count). The van der Waals surface area contributed by atoms with Crippen LogP contribution in [0.25, 0.3) is 0 Å². The largest absolute Gasteiger partial charge is 0.364 e. The van der Waals surface area contributed by atoms with Gasteiger partial charge in [-0.15, -0.1) is 0 Å². The highest BCUT2D eigenvalue weighted by Gasteiger charge is 2.53. The number of nitrogens with zero attached hydrogens (tertiary/aromatic N) is 2. The molecule has 0 aliphatic carbocycles. The van der Waals surface area contributed by atoms with Crippen molar-refractivity contribution in [1.29, 1.82) is 0 Å². The van der Waals surface area contributed by atoms with Gasteiger partial charge in [-0.3, -0.25) is 4.79 Å². The summed E-state index contributed by atoms with van der Waals surface area (Å²) >= 11 is 0. The molecule has 0 radical (unpaired) electrons.